The van der Waals surface area contributed by atoms with Crippen LogP contribution in [0.1, 0.15) is 32.6 Å². The first kappa shape index (κ1) is 20.5. The van der Waals surface area contributed by atoms with Crippen molar-refractivity contribution in [1.82, 2.24) is 4.90 Å². The summed E-state index contributed by atoms with van der Waals surface area (Å²) < 4.78 is 88.4. The van der Waals surface area contributed by atoms with Crippen molar-refractivity contribution in [2.24, 2.45) is 0 Å². The topological polar surface area (TPSA) is 20.3 Å². The molecule has 138 valence electrons. The second-order valence-electron chi connectivity index (χ2n) is 5.61. The molecule has 0 aliphatic carbocycles. The third-order valence-corrected chi connectivity index (χ3v) is 3.77. The van der Waals surface area contributed by atoms with Gasteiger partial charge >= 0.3 is 12.4 Å². The molecule has 0 aromatic rings. The Kier molecular flexibility index (Phi) is 6.46. The van der Waals surface area contributed by atoms with Crippen LogP contribution in [0.2, 0.25) is 0 Å². The predicted molar refractivity (Wildman–Crippen MR) is 73.9 cm³/mol. The molecule has 1 rings (SSSR count). The summed E-state index contributed by atoms with van der Waals surface area (Å²) >= 11 is 0. The number of alkyl halides is 7. The SMILES string of the molecule is C/C=C(\C=C\C1(F)CCN(C(=O)CCC(F)(F)F)CC1)C(F)(F)F. The standard InChI is InChI=1S/C15H18F7NO/c1-2-11(15(20,21)22)3-5-13(16)7-9-23(10-8-13)12(24)4-6-14(17,18)19/h2-3,5H,4,6-10H2,1H3/b5-3+,11-2+. The van der Waals surface area contributed by atoms with E-state index in [1.165, 1.54) is 6.92 Å². The fourth-order valence-electron chi connectivity index (χ4n) is 2.29. The molecule has 1 amide bonds. The number of allylic oxidation sites excluding steroid dienone is 4. The molecule has 1 aliphatic rings. The van der Waals surface area contributed by atoms with Crippen LogP contribution in [0.15, 0.2) is 23.8 Å². The van der Waals surface area contributed by atoms with E-state index in [4.69, 9.17) is 0 Å². The maximum absolute atomic E-state index is 14.5. The van der Waals surface area contributed by atoms with Gasteiger partial charge in [0.1, 0.15) is 5.67 Å². The Morgan fingerprint density at radius 3 is 2.08 bits per heavy atom. The number of halogens is 7. The summed E-state index contributed by atoms with van der Waals surface area (Å²) in [6.45, 7) is 0.920. The van der Waals surface area contributed by atoms with E-state index in [1.54, 1.807) is 0 Å². The zero-order valence-electron chi connectivity index (χ0n) is 13.0. The molecule has 0 saturated carbocycles. The van der Waals surface area contributed by atoms with Crippen molar-refractivity contribution >= 4 is 5.91 Å². The van der Waals surface area contributed by atoms with Crippen LogP contribution in [0.4, 0.5) is 30.7 Å². The highest BCUT2D eigenvalue weighted by Gasteiger charge is 2.37. The lowest BCUT2D eigenvalue weighted by Crippen LogP contribution is -2.44. The summed E-state index contributed by atoms with van der Waals surface area (Å²) in [5.74, 6) is -0.734. The average molecular weight is 361 g/mol. The largest absolute Gasteiger partial charge is 0.416 e. The molecule has 0 atom stereocenters. The van der Waals surface area contributed by atoms with Gasteiger partial charge in [0.25, 0.3) is 0 Å². The average Bonchev–Trinajstić information content (AvgIpc) is 2.44. The van der Waals surface area contributed by atoms with Gasteiger partial charge in [0.2, 0.25) is 5.91 Å². The van der Waals surface area contributed by atoms with E-state index in [-0.39, 0.29) is 25.9 Å². The molecule has 0 aromatic carbocycles. The summed E-state index contributed by atoms with van der Waals surface area (Å²) in [4.78, 5) is 12.7. The highest BCUT2D eigenvalue weighted by atomic mass is 19.4. The van der Waals surface area contributed by atoms with Crippen LogP contribution in [0.5, 0.6) is 0 Å². The molecule has 1 saturated heterocycles. The van der Waals surface area contributed by atoms with Gasteiger partial charge in [-0.05, 0) is 13.0 Å². The van der Waals surface area contributed by atoms with Gasteiger partial charge in [-0.1, -0.05) is 12.2 Å². The first-order chi connectivity index (χ1) is 10.9. The predicted octanol–water partition coefficient (Wildman–Crippen LogP) is 4.72. The van der Waals surface area contributed by atoms with Crippen molar-refractivity contribution in [3.63, 3.8) is 0 Å². The number of carbonyl (C=O) groups excluding carboxylic acids is 1. The summed E-state index contributed by atoms with van der Waals surface area (Å²) in [6.07, 6.45) is -9.22. The Labute approximate surface area is 135 Å². The molecule has 0 radical (unpaired) electrons. The number of hydrogen-bond donors (Lipinski definition) is 0. The Bertz CT molecular complexity index is 497. The number of hydrogen-bond acceptors (Lipinski definition) is 1. The van der Waals surface area contributed by atoms with Gasteiger partial charge in [-0.25, -0.2) is 4.39 Å². The van der Waals surface area contributed by atoms with Gasteiger partial charge < -0.3 is 4.90 Å². The van der Waals surface area contributed by atoms with E-state index in [0.717, 1.165) is 17.1 Å². The van der Waals surface area contributed by atoms with Gasteiger partial charge in [0, 0.05) is 32.4 Å². The quantitative estimate of drug-likeness (QED) is 0.524. The monoisotopic (exact) mass is 361 g/mol. The molecule has 1 fully saturated rings. The van der Waals surface area contributed by atoms with E-state index in [2.05, 4.69) is 0 Å². The van der Waals surface area contributed by atoms with Crippen LogP contribution >= 0.6 is 0 Å². The van der Waals surface area contributed by atoms with Gasteiger partial charge in [0.05, 0.1) is 12.0 Å². The van der Waals surface area contributed by atoms with Gasteiger partial charge in [-0.15, -0.1) is 0 Å². The molecule has 9 heteroatoms. The minimum absolute atomic E-state index is 0.130. The van der Waals surface area contributed by atoms with Gasteiger partial charge in [-0.2, -0.15) is 26.3 Å². The zero-order valence-corrected chi connectivity index (χ0v) is 13.0. The first-order valence-electron chi connectivity index (χ1n) is 7.32. The number of piperidine rings is 1. The molecule has 0 bridgehead atoms. The smallest absolute Gasteiger partial charge is 0.342 e. The lowest BCUT2D eigenvalue weighted by Gasteiger charge is -2.35. The maximum Gasteiger partial charge on any atom is 0.416 e. The van der Waals surface area contributed by atoms with Crippen LogP contribution in [0.25, 0.3) is 0 Å². The van der Waals surface area contributed by atoms with E-state index >= 15 is 0 Å². The van der Waals surface area contributed by atoms with Crippen LogP contribution < -0.4 is 0 Å². The fourth-order valence-corrected chi connectivity index (χ4v) is 2.29. The van der Waals surface area contributed by atoms with Crippen molar-refractivity contribution in [3.05, 3.63) is 23.8 Å². The van der Waals surface area contributed by atoms with Gasteiger partial charge in [0.15, 0.2) is 0 Å². The van der Waals surface area contributed by atoms with E-state index in [0.29, 0.717) is 6.08 Å². The molecule has 24 heavy (non-hydrogen) atoms. The molecular formula is C15H18F7NO. The number of likely N-dealkylation sites (tertiary alicyclic amines) is 1. The summed E-state index contributed by atoms with van der Waals surface area (Å²) in [7, 11) is 0. The molecule has 2 nitrogen and oxygen atoms in total. The van der Waals surface area contributed by atoms with Crippen LogP contribution in [-0.2, 0) is 4.79 Å². The Morgan fingerprint density at radius 2 is 1.67 bits per heavy atom. The van der Waals surface area contributed by atoms with Crippen molar-refractivity contribution < 1.29 is 35.5 Å². The normalized spacial score (nSPS) is 19.8. The minimum atomic E-state index is -4.59. The minimum Gasteiger partial charge on any atom is -0.342 e. The van der Waals surface area contributed by atoms with Crippen molar-refractivity contribution in [3.8, 4) is 0 Å². The highest BCUT2D eigenvalue weighted by molar-refractivity contribution is 5.76. The maximum atomic E-state index is 14.5. The number of rotatable bonds is 4. The number of nitrogens with zero attached hydrogens (tertiary/aromatic N) is 1. The van der Waals surface area contributed by atoms with Crippen molar-refractivity contribution in [2.45, 2.75) is 50.6 Å². The summed E-state index contributed by atoms with van der Waals surface area (Å²) in [5.41, 5.74) is -3.00. The molecule has 1 heterocycles. The number of amides is 1. The van der Waals surface area contributed by atoms with Gasteiger partial charge in [-0.3, -0.25) is 4.79 Å². The number of carbonyl (C=O) groups is 1. The molecule has 0 unspecified atom stereocenters. The highest BCUT2D eigenvalue weighted by Crippen LogP contribution is 2.32. The molecule has 1 aliphatic heterocycles. The zero-order chi connectivity index (χ0) is 18.6. The Balaban J connectivity index is 2.59. The fraction of sp³-hybridized carbons (Fsp3) is 0.667. The second kappa shape index (κ2) is 7.57. The van der Waals surface area contributed by atoms with E-state index < -0.39 is 42.3 Å². The Morgan fingerprint density at radius 1 is 1.12 bits per heavy atom. The molecule has 0 spiro atoms. The molecular weight excluding hydrogens is 343 g/mol. The molecule has 0 aromatic heterocycles. The van der Waals surface area contributed by atoms with Crippen LogP contribution in [0.3, 0.4) is 0 Å². The van der Waals surface area contributed by atoms with Crippen LogP contribution in [-0.4, -0.2) is 41.9 Å². The first-order valence-corrected chi connectivity index (χ1v) is 7.32. The van der Waals surface area contributed by atoms with E-state index in [9.17, 15) is 35.5 Å². The lowest BCUT2D eigenvalue weighted by molar-refractivity contribution is -0.150. The third kappa shape index (κ3) is 6.52. The van der Waals surface area contributed by atoms with Crippen molar-refractivity contribution in [1.29, 1.82) is 0 Å². The summed E-state index contributed by atoms with van der Waals surface area (Å²) in [6, 6.07) is 0. The van der Waals surface area contributed by atoms with Crippen LogP contribution in [0, 0.1) is 0 Å². The van der Waals surface area contributed by atoms with E-state index in [1.807, 2.05) is 0 Å². The third-order valence-electron chi connectivity index (χ3n) is 3.77. The summed E-state index contributed by atoms with van der Waals surface area (Å²) in [5, 5.41) is 0. The Hall–Kier alpha value is -1.54. The second-order valence-corrected chi connectivity index (χ2v) is 5.61. The van der Waals surface area contributed by atoms with Crippen molar-refractivity contribution in [2.75, 3.05) is 13.1 Å². The molecule has 0 N–H and O–H groups in total. The lowest BCUT2D eigenvalue weighted by atomic mass is 9.92.